The van der Waals surface area contributed by atoms with Gasteiger partial charge in [0.05, 0.1) is 5.92 Å². The largest absolute Gasteiger partial charge is 0.428 e. The molecule has 0 rings (SSSR count). The van der Waals surface area contributed by atoms with E-state index in [1.807, 2.05) is 0 Å². The second kappa shape index (κ2) is 4.93. The van der Waals surface area contributed by atoms with Crippen molar-refractivity contribution >= 4 is 0 Å². The van der Waals surface area contributed by atoms with E-state index in [4.69, 9.17) is 0 Å². The quantitative estimate of drug-likeness (QED) is 0.663. The molecular weight excluding hydrogens is 267 g/mol. The Labute approximate surface area is 90.8 Å². The molecule has 0 saturated carbocycles. The van der Waals surface area contributed by atoms with Gasteiger partial charge in [0.25, 0.3) is 12.1 Å². The summed E-state index contributed by atoms with van der Waals surface area (Å²) in [5.41, 5.74) is -4.90. The topological polar surface area (TPSA) is 0 Å². The summed E-state index contributed by atoms with van der Waals surface area (Å²) in [6.45, 7) is 0.502. The van der Waals surface area contributed by atoms with Crippen molar-refractivity contribution in [2.45, 2.75) is 44.2 Å². The van der Waals surface area contributed by atoms with E-state index in [1.165, 1.54) is 0 Å². The minimum absolute atomic E-state index is 0.502. The molecule has 9 heteroatoms. The summed E-state index contributed by atoms with van der Waals surface area (Å²) >= 11 is 0. The Morgan fingerprint density at radius 2 is 1.29 bits per heavy atom. The third-order valence-corrected chi connectivity index (χ3v) is 2.32. The van der Waals surface area contributed by atoms with E-state index in [9.17, 15) is 39.5 Å². The third kappa shape index (κ3) is 3.95. The second-order valence-corrected chi connectivity index (χ2v) is 3.64. The summed E-state index contributed by atoms with van der Waals surface area (Å²) in [6.07, 6.45) is -18.4. The van der Waals surface area contributed by atoms with Gasteiger partial charge < -0.3 is 0 Å². The second-order valence-electron chi connectivity index (χ2n) is 3.64. The van der Waals surface area contributed by atoms with Crippen molar-refractivity contribution in [3.8, 4) is 0 Å². The lowest BCUT2D eigenvalue weighted by molar-refractivity contribution is -0.273. The Kier molecular flexibility index (Phi) is 4.75. The zero-order chi connectivity index (χ0) is 14.1. The van der Waals surface area contributed by atoms with Crippen LogP contribution in [0, 0.1) is 5.92 Å². The highest BCUT2D eigenvalue weighted by molar-refractivity contribution is 4.90. The van der Waals surface area contributed by atoms with E-state index in [2.05, 4.69) is 0 Å². The molecule has 0 aliphatic heterocycles. The molecule has 0 aliphatic carbocycles. The number of halogens is 9. The van der Waals surface area contributed by atoms with Gasteiger partial charge in [-0.1, -0.05) is 6.92 Å². The molecule has 0 spiro atoms. The zero-order valence-electron chi connectivity index (χ0n) is 8.47. The fourth-order valence-corrected chi connectivity index (χ4v) is 0.965. The average Bonchev–Trinajstić information content (AvgIpc) is 2.09. The van der Waals surface area contributed by atoms with Gasteiger partial charge in [-0.25, -0.2) is 13.2 Å². The molecule has 0 aromatic carbocycles. The molecule has 17 heavy (non-hydrogen) atoms. The summed E-state index contributed by atoms with van der Waals surface area (Å²) in [5.74, 6) is -2.28. The van der Waals surface area contributed by atoms with Gasteiger partial charge in [0.1, 0.15) is 0 Å². The Morgan fingerprint density at radius 1 is 0.882 bits per heavy atom. The van der Waals surface area contributed by atoms with Crippen LogP contribution < -0.4 is 0 Å². The van der Waals surface area contributed by atoms with Crippen LogP contribution in [-0.4, -0.2) is 24.4 Å². The Hall–Kier alpha value is -0.630. The van der Waals surface area contributed by atoms with Crippen LogP contribution in [0.5, 0.6) is 0 Å². The van der Waals surface area contributed by atoms with Gasteiger partial charge in [0, 0.05) is 0 Å². The third-order valence-electron chi connectivity index (χ3n) is 2.32. The van der Waals surface area contributed by atoms with Crippen LogP contribution in [0.3, 0.4) is 0 Å². The van der Waals surface area contributed by atoms with Crippen molar-refractivity contribution in [2.24, 2.45) is 5.92 Å². The zero-order valence-corrected chi connectivity index (χ0v) is 8.47. The lowest BCUT2D eigenvalue weighted by Gasteiger charge is -2.28. The molecule has 0 radical (unpaired) electrons. The standard InChI is InChI=1S/C8H9F9/c1-4(7(12,13)14)2-3-6(11,5(9)10)8(15,16)17/h4-5H,2-3H2,1H3. The van der Waals surface area contributed by atoms with Crippen molar-refractivity contribution in [2.75, 3.05) is 0 Å². The van der Waals surface area contributed by atoms with Gasteiger partial charge in [-0.15, -0.1) is 0 Å². The fourth-order valence-electron chi connectivity index (χ4n) is 0.965. The highest BCUT2D eigenvalue weighted by Gasteiger charge is 2.62. The average molecular weight is 276 g/mol. The first-order chi connectivity index (χ1) is 7.32. The van der Waals surface area contributed by atoms with E-state index in [-0.39, 0.29) is 0 Å². The number of rotatable bonds is 4. The van der Waals surface area contributed by atoms with Crippen molar-refractivity contribution in [3.63, 3.8) is 0 Å². The molecular formula is C8H9F9. The summed E-state index contributed by atoms with van der Waals surface area (Å²) in [4.78, 5) is 0. The van der Waals surface area contributed by atoms with Gasteiger partial charge in [-0.3, -0.25) is 0 Å². The molecule has 0 aliphatic rings. The van der Waals surface area contributed by atoms with Crippen LogP contribution in [0.1, 0.15) is 19.8 Å². The fraction of sp³-hybridized carbons (Fsp3) is 1.00. The molecule has 2 unspecified atom stereocenters. The smallest absolute Gasteiger partial charge is 0.227 e. The number of alkyl halides is 9. The molecule has 0 aromatic rings. The van der Waals surface area contributed by atoms with Crippen molar-refractivity contribution < 1.29 is 39.5 Å². The molecule has 0 bridgehead atoms. The van der Waals surface area contributed by atoms with E-state index < -0.39 is 43.2 Å². The molecule has 2 atom stereocenters. The van der Waals surface area contributed by atoms with Crippen molar-refractivity contribution in [1.29, 1.82) is 0 Å². The van der Waals surface area contributed by atoms with Crippen LogP contribution in [-0.2, 0) is 0 Å². The lowest BCUT2D eigenvalue weighted by Crippen LogP contribution is -2.47. The molecule has 0 nitrogen and oxygen atoms in total. The molecule has 0 saturated heterocycles. The molecule has 0 N–H and O–H groups in total. The maximum absolute atomic E-state index is 12.9. The summed E-state index contributed by atoms with van der Waals surface area (Å²) < 4.78 is 109. The van der Waals surface area contributed by atoms with Crippen LogP contribution in [0.25, 0.3) is 0 Å². The molecule has 104 valence electrons. The van der Waals surface area contributed by atoms with Crippen molar-refractivity contribution in [1.82, 2.24) is 0 Å². The van der Waals surface area contributed by atoms with E-state index in [0.29, 0.717) is 6.92 Å². The minimum atomic E-state index is -5.90. The number of hydrogen-bond donors (Lipinski definition) is 0. The number of hydrogen-bond acceptors (Lipinski definition) is 0. The monoisotopic (exact) mass is 276 g/mol. The van der Waals surface area contributed by atoms with Gasteiger partial charge in [-0.2, -0.15) is 26.3 Å². The Balaban J connectivity index is 4.72. The Morgan fingerprint density at radius 3 is 1.53 bits per heavy atom. The predicted molar refractivity (Wildman–Crippen MR) is 40.4 cm³/mol. The summed E-state index contributed by atoms with van der Waals surface area (Å²) in [7, 11) is 0. The first-order valence-electron chi connectivity index (χ1n) is 4.43. The van der Waals surface area contributed by atoms with E-state index >= 15 is 0 Å². The molecule has 0 amide bonds. The summed E-state index contributed by atoms with van der Waals surface area (Å²) in [5, 5.41) is 0. The van der Waals surface area contributed by atoms with Gasteiger partial charge >= 0.3 is 12.4 Å². The van der Waals surface area contributed by atoms with Gasteiger partial charge in [0.15, 0.2) is 0 Å². The maximum Gasteiger partial charge on any atom is 0.428 e. The van der Waals surface area contributed by atoms with Crippen molar-refractivity contribution in [3.05, 3.63) is 0 Å². The first kappa shape index (κ1) is 16.4. The molecule has 0 aromatic heterocycles. The van der Waals surface area contributed by atoms with Crippen LogP contribution in [0.4, 0.5) is 39.5 Å². The Bertz CT molecular complexity index is 240. The SMILES string of the molecule is CC(CCC(F)(C(F)F)C(F)(F)F)C(F)(F)F. The molecule has 0 fully saturated rings. The van der Waals surface area contributed by atoms with Gasteiger partial charge in [-0.05, 0) is 12.8 Å². The molecule has 0 heterocycles. The highest BCUT2D eigenvalue weighted by atomic mass is 19.4. The normalized spacial score (nSPS) is 19.2. The van der Waals surface area contributed by atoms with Gasteiger partial charge in [0.2, 0.25) is 0 Å². The maximum atomic E-state index is 12.9. The minimum Gasteiger partial charge on any atom is -0.227 e. The van der Waals surface area contributed by atoms with E-state index in [1.54, 1.807) is 0 Å². The van der Waals surface area contributed by atoms with E-state index in [0.717, 1.165) is 0 Å². The van der Waals surface area contributed by atoms with Crippen LogP contribution >= 0.6 is 0 Å². The predicted octanol–water partition coefficient (Wildman–Crippen LogP) is 4.50. The highest BCUT2D eigenvalue weighted by Crippen LogP contribution is 2.44. The first-order valence-corrected chi connectivity index (χ1v) is 4.43. The lowest BCUT2D eigenvalue weighted by atomic mass is 9.93. The van der Waals surface area contributed by atoms with Crippen LogP contribution in [0.15, 0.2) is 0 Å². The van der Waals surface area contributed by atoms with Crippen LogP contribution in [0.2, 0.25) is 0 Å². The summed E-state index contributed by atoms with van der Waals surface area (Å²) in [6, 6.07) is 0.